The Kier molecular flexibility index (Phi) is 4.44. The monoisotopic (exact) mass is 259 g/mol. The number of rotatable bonds is 5. The zero-order chi connectivity index (χ0) is 13.5. The van der Waals surface area contributed by atoms with Crippen LogP contribution in [0, 0.1) is 0 Å². The van der Waals surface area contributed by atoms with E-state index in [1.54, 1.807) is 13.4 Å². The van der Waals surface area contributed by atoms with Gasteiger partial charge in [-0.05, 0) is 36.4 Å². The predicted molar refractivity (Wildman–Crippen MR) is 75.5 cm³/mol. The Balaban J connectivity index is 1.83. The summed E-state index contributed by atoms with van der Waals surface area (Å²) < 4.78 is 10.3. The maximum atomic E-state index is 5.79. The topological polar surface area (TPSA) is 72.8 Å². The molecular formula is C14H17N3O2. The van der Waals surface area contributed by atoms with Crippen LogP contribution in [0.1, 0.15) is 5.76 Å². The SMILES string of the molecule is COc1ccc(NC(N)=NCCc2ccco2)cc1. The van der Waals surface area contributed by atoms with Crippen LogP contribution in [-0.4, -0.2) is 19.6 Å². The molecule has 0 saturated carbocycles. The van der Waals surface area contributed by atoms with Crippen molar-refractivity contribution in [3.8, 4) is 5.75 Å². The van der Waals surface area contributed by atoms with Crippen molar-refractivity contribution in [3.05, 3.63) is 48.4 Å². The summed E-state index contributed by atoms with van der Waals surface area (Å²) >= 11 is 0. The number of furan rings is 1. The normalized spacial score (nSPS) is 11.3. The van der Waals surface area contributed by atoms with Gasteiger partial charge in [0.05, 0.1) is 13.4 Å². The molecule has 0 saturated heterocycles. The lowest BCUT2D eigenvalue weighted by Gasteiger charge is -2.06. The van der Waals surface area contributed by atoms with Gasteiger partial charge in [-0.1, -0.05) is 0 Å². The third-order valence-corrected chi connectivity index (χ3v) is 2.58. The molecule has 2 rings (SSSR count). The summed E-state index contributed by atoms with van der Waals surface area (Å²) in [6.07, 6.45) is 2.38. The van der Waals surface area contributed by atoms with E-state index in [-0.39, 0.29) is 0 Å². The minimum absolute atomic E-state index is 0.386. The van der Waals surface area contributed by atoms with Crippen LogP contribution in [0.3, 0.4) is 0 Å². The van der Waals surface area contributed by atoms with Gasteiger partial charge in [-0.2, -0.15) is 0 Å². The number of anilines is 1. The Morgan fingerprint density at radius 3 is 2.74 bits per heavy atom. The van der Waals surface area contributed by atoms with Crippen molar-refractivity contribution < 1.29 is 9.15 Å². The minimum atomic E-state index is 0.386. The van der Waals surface area contributed by atoms with Crippen LogP contribution < -0.4 is 15.8 Å². The van der Waals surface area contributed by atoms with E-state index in [0.29, 0.717) is 12.5 Å². The van der Waals surface area contributed by atoms with Gasteiger partial charge in [0.15, 0.2) is 5.96 Å². The fraction of sp³-hybridized carbons (Fsp3) is 0.214. The first-order chi connectivity index (χ1) is 9.28. The minimum Gasteiger partial charge on any atom is -0.497 e. The van der Waals surface area contributed by atoms with E-state index in [9.17, 15) is 0 Å². The molecule has 1 aromatic heterocycles. The molecule has 2 aromatic rings. The summed E-state index contributed by atoms with van der Waals surface area (Å²) in [5, 5.41) is 3.01. The van der Waals surface area contributed by atoms with E-state index in [0.717, 1.165) is 23.6 Å². The summed E-state index contributed by atoms with van der Waals surface area (Å²) in [6.45, 7) is 0.586. The smallest absolute Gasteiger partial charge is 0.193 e. The molecular weight excluding hydrogens is 242 g/mol. The first-order valence-corrected chi connectivity index (χ1v) is 6.01. The van der Waals surface area contributed by atoms with E-state index in [2.05, 4.69) is 10.3 Å². The average Bonchev–Trinajstić information content (AvgIpc) is 2.93. The van der Waals surface area contributed by atoms with E-state index in [1.165, 1.54) is 0 Å². The van der Waals surface area contributed by atoms with Gasteiger partial charge in [0, 0.05) is 18.7 Å². The number of guanidine groups is 1. The van der Waals surface area contributed by atoms with E-state index in [4.69, 9.17) is 14.9 Å². The molecule has 5 nitrogen and oxygen atoms in total. The van der Waals surface area contributed by atoms with Crippen molar-refractivity contribution in [2.24, 2.45) is 10.7 Å². The second kappa shape index (κ2) is 6.49. The molecule has 0 bridgehead atoms. The number of nitrogens with zero attached hydrogens (tertiary/aromatic N) is 1. The number of hydrogen-bond acceptors (Lipinski definition) is 3. The summed E-state index contributed by atoms with van der Waals surface area (Å²) in [5.41, 5.74) is 6.67. The van der Waals surface area contributed by atoms with Crippen LogP contribution >= 0.6 is 0 Å². The fourth-order valence-electron chi connectivity index (χ4n) is 1.60. The Hall–Kier alpha value is -2.43. The second-order valence-corrected chi connectivity index (χ2v) is 3.95. The lowest BCUT2D eigenvalue weighted by atomic mass is 10.3. The molecule has 0 radical (unpaired) electrons. The van der Waals surface area contributed by atoms with Crippen molar-refractivity contribution in [2.75, 3.05) is 19.0 Å². The molecule has 5 heteroatoms. The second-order valence-electron chi connectivity index (χ2n) is 3.95. The van der Waals surface area contributed by atoms with Crippen molar-refractivity contribution in [3.63, 3.8) is 0 Å². The standard InChI is InChI=1S/C14H17N3O2/c1-18-12-6-4-11(5-7-12)17-14(15)16-9-8-13-3-2-10-19-13/h2-7,10H,8-9H2,1H3,(H3,15,16,17). The largest absolute Gasteiger partial charge is 0.497 e. The number of nitrogens with one attached hydrogen (secondary N) is 1. The number of methoxy groups -OCH3 is 1. The number of aliphatic imine (C=N–C) groups is 1. The van der Waals surface area contributed by atoms with Gasteiger partial charge in [-0.3, -0.25) is 4.99 Å². The molecule has 0 unspecified atom stereocenters. The quantitative estimate of drug-likeness (QED) is 0.638. The molecule has 0 atom stereocenters. The molecule has 0 aliphatic heterocycles. The van der Waals surface area contributed by atoms with Crippen molar-refractivity contribution >= 4 is 11.6 Å². The number of ether oxygens (including phenoxy) is 1. The highest BCUT2D eigenvalue weighted by Crippen LogP contribution is 2.14. The lowest BCUT2D eigenvalue weighted by Crippen LogP contribution is -2.23. The molecule has 1 heterocycles. The third kappa shape index (κ3) is 4.06. The van der Waals surface area contributed by atoms with E-state index >= 15 is 0 Å². The van der Waals surface area contributed by atoms with Gasteiger partial charge in [0.25, 0.3) is 0 Å². The molecule has 0 aliphatic carbocycles. The van der Waals surface area contributed by atoms with Crippen LogP contribution in [-0.2, 0) is 6.42 Å². The van der Waals surface area contributed by atoms with Crippen molar-refractivity contribution in [2.45, 2.75) is 6.42 Å². The van der Waals surface area contributed by atoms with Crippen LogP contribution in [0.4, 0.5) is 5.69 Å². The highest BCUT2D eigenvalue weighted by molar-refractivity contribution is 5.92. The maximum Gasteiger partial charge on any atom is 0.193 e. The number of nitrogens with two attached hydrogens (primary N) is 1. The molecule has 0 spiro atoms. The molecule has 100 valence electrons. The van der Waals surface area contributed by atoms with Crippen LogP contribution in [0.5, 0.6) is 5.75 Å². The zero-order valence-electron chi connectivity index (χ0n) is 10.8. The Morgan fingerprint density at radius 2 is 2.11 bits per heavy atom. The Labute approximate surface area is 112 Å². The van der Waals surface area contributed by atoms with E-state index in [1.807, 2.05) is 36.4 Å². The highest BCUT2D eigenvalue weighted by atomic mass is 16.5. The molecule has 1 aromatic carbocycles. The molecule has 19 heavy (non-hydrogen) atoms. The molecule has 0 fully saturated rings. The van der Waals surface area contributed by atoms with Crippen LogP contribution in [0.25, 0.3) is 0 Å². The van der Waals surface area contributed by atoms with Gasteiger partial charge < -0.3 is 20.2 Å². The molecule has 3 N–H and O–H groups in total. The molecule has 0 amide bonds. The van der Waals surface area contributed by atoms with Crippen LogP contribution in [0.15, 0.2) is 52.1 Å². The van der Waals surface area contributed by atoms with Gasteiger partial charge in [-0.15, -0.1) is 0 Å². The maximum absolute atomic E-state index is 5.79. The summed E-state index contributed by atoms with van der Waals surface area (Å²) in [7, 11) is 1.63. The highest BCUT2D eigenvalue weighted by Gasteiger charge is 1.97. The van der Waals surface area contributed by atoms with E-state index < -0.39 is 0 Å². The molecule has 0 aliphatic rings. The lowest BCUT2D eigenvalue weighted by molar-refractivity contribution is 0.415. The van der Waals surface area contributed by atoms with Gasteiger partial charge in [-0.25, -0.2) is 0 Å². The predicted octanol–water partition coefficient (Wildman–Crippen LogP) is 2.26. The fourth-order valence-corrected chi connectivity index (χ4v) is 1.60. The first kappa shape index (κ1) is 13.0. The van der Waals surface area contributed by atoms with Crippen molar-refractivity contribution in [1.29, 1.82) is 0 Å². The number of benzene rings is 1. The number of hydrogen-bond donors (Lipinski definition) is 2. The Morgan fingerprint density at radius 1 is 1.32 bits per heavy atom. The average molecular weight is 259 g/mol. The van der Waals surface area contributed by atoms with Gasteiger partial charge >= 0.3 is 0 Å². The summed E-state index contributed by atoms with van der Waals surface area (Å²) in [6, 6.07) is 11.3. The van der Waals surface area contributed by atoms with Crippen LogP contribution in [0.2, 0.25) is 0 Å². The summed E-state index contributed by atoms with van der Waals surface area (Å²) in [5.74, 6) is 2.09. The summed E-state index contributed by atoms with van der Waals surface area (Å²) in [4.78, 5) is 4.23. The first-order valence-electron chi connectivity index (χ1n) is 6.01. The Bertz CT molecular complexity index is 518. The zero-order valence-corrected chi connectivity index (χ0v) is 10.8. The van der Waals surface area contributed by atoms with Gasteiger partial charge in [0.2, 0.25) is 0 Å². The van der Waals surface area contributed by atoms with Crippen molar-refractivity contribution in [1.82, 2.24) is 0 Å². The van der Waals surface area contributed by atoms with Gasteiger partial charge in [0.1, 0.15) is 11.5 Å². The third-order valence-electron chi connectivity index (χ3n) is 2.58.